The Balaban J connectivity index is 2.80. The summed E-state index contributed by atoms with van der Waals surface area (Å²) in [5.74, 6) is 0.358. The highest BCUT2D eigenvalue weighted by Gasteiger charge is 2.39. The maximum atomic E-state index is 5.45. The van der Waals surface area contributed by atoms with E-state index in [1.54, 1.807) is 21.3 Å². The molecule has 0 saturated heterocycles. The molecule has 1 aromatic carbocycles. The largest absolute Gasteiger partial charge is 0.500 e. The van der Waals surface area contributed by atoms with E-state index in [1.807, 2.05) is 0 Å². The topological polar surface area (TPSA) is 27.7 Å². The van der Waals surface area contributed by atoms with Gasteiger partial charge < -0.3 is 13.3 Å². The van der Waals surface area contributed by atoms with E-state index in [0.29, 0.717) is 5.92 Å². The Kier molecular flexibility index (Phi) is 6.08. The molecule has 96 valence electrons. The van der Waals surface area contributed by atoms with E-state index in [2.05, 4.69) is 53.8 Å². The third-order valence-electron chi connectivity index (χ3n) is 2.91. The first-order valence-corrected chi connectivity index (χ1v) is 8.49. The number of rotatable bonds is 6. The summed E-state index contributed by atoms with van der Waals surface area (Å²) in [6, 6.07) is 9.27. The number of hydrogen-bond donors (Lipinski definition) is 0. The van der Waals surface area contributed by atoms with Gasteiger partial charge in [0.25, 0.3) is 0 Å². The van der Waals surface area contributed by atoms with Crippen molar-refractivity contribution in [3.63, 3.8) is 0 Å². The molecule has 0 aromatic heterocycles. The molecular weight excluding hydrogens is 347 g/mol. The molecular formula is C12H19IO3Si. The molecule has 0 aliphatic carbocycles. The Morgan fingerprint density at radius 1 is 1.18 bits per heavy atom. The molecule has 5 heteroatoms. The first kappa shape index (κ1) is 15.1. The zero-order valence-corrected chi connectivity index (χ0v) is 13.9. The summed E-state index contributed by atoms with van der Waals surface area (Å²) < 4.78 is 17.6. The van der Waals surface area contributed by atoms with Gasteiger partial charge in [0, 0.05) is 30.9 Å². The van der Waals surface area contributed by atoms with E-state index < -0.39 is 8.80 Å². The second kappa shape index (κ2) is 6.84. The highest BCUT2D eigenvalue weighted by molar-refractivity contribution is 14.1. The Morgan fingerprint density at radius 3 is 2.24 bits per heavy atom. The van der Waals surface area contributed by atoms with Crippen molar-refractivity contribution in [3.8, 4) is 0 Å². The van der Waals surface area contributed by atoms with Crippen LogP contribution >= 0.6 is 22.6 Å². The maximum absolute atomic E-state index is 5.45. The predicted molar refractivity (Wildman–Crippen MR) is 79.2 cm³/mol. The van der Waals surface area contributed by atoms with Crippen molar-refractivity contribution < 1.29 is 13.3 Å². The molecule has 1 unspecified atom stereocenters. The Bertz CT molecular complexity index is 347. The lowest BCUT2D eigenvalue weighted by Crippen LogP contribution is -2.43. The monoisotopic (exact) mass is 366 g/mol. The fraction of sp³-hybridized carbons (Fsp3) is 0.500. The number of benzene rings is 1. The van der Waals surface area contributed by atoms with Crippen molar-refractivity contribution in [2.75, 3.05) is 21.3 Å². The van der Waals surface area contributed by atoms with Crippen LogP contribution in [0, 0.1) is 3.57 Å². The molecule has 0 heterocycles. The van der Waals surface area contributed by atoms with E-state index in [1.165, 1.54) is 9.13 Å². The van der Waals surface area contributed by atoms with Crippen LogP contribution in [0.2, 0.25) is 6.04 Å². The summed E-state index contributed by atoms with van der Waals surface area (Å²) in [4.78, 5) is 0. The highest BCUT2D eigenvalue weighted by Crippen LogP contribution is 2.28. The molecule has 0 fully saturated rings. The molecule has 1 rings (SSSR count). The molecule has 1 atom stereocenters. The minimum Gasteiger partial charge on any atom is -0.377 e. The summed E-state index contributed by atoms with van der Waals surface area (Å²) in [6.07, 6.45) is 0. The molecule has 0 spiro atoms. The fourth-order valence-corrected chi connectivity index (χ4v) is 4.36. The second-order valence-corrected chi connectivity index (χ2v) is 8.20. The Hall–Kier alpha value is 0.0469. The number of hydrogen-bond acceptors (Lipinski definition) is 3. The van der Waals surface area contributed by atoms with Crippen molar-refractivity contribution in [2.24, 2.45) is 0 Å². The van der Waals surface area contributed by atoms with Gasteiger partial charge in [0.1, 0.15) is 0 Å². The first-order valence-electron chi connectivity index (χ1n) is 5.48. The van der Waals surface area contributed by atoms with Crippen LogP contribution in [0.5, 0.6) is 0 Å². The SMILES string of the molecule is CO[Si](CC(C)c1cccc(I)c1)(OC)OC. The summed E-state index contributed by atoms with van der Waals surface area (Å²) in [7, 11) is 2.48. The third kappa shape index (κ3) is 4.03. The molecule has 0 saturated carbocycles. The van der Waals surface area contributed by atoms with E-state index in [-0.39, 0.29) is 0 Å². The Morgan fingerprint density at radius 2 is 1.76 bits per heavy atom. The standard InChI is InChI=1S/C12H19IO3Si/c1-10(9-17(14-2,15-3)16-4)11-6-5-7-12(13)8-11/h5-8,10H,9H2,1-4H3. The fourth-order valence-electron chi connectivity index (χ4n) is 1.81. The molecule has 1 aromatic rings. The summed E-state index contributed by atoms with van der Waals surface area (Å²) >= 11 is 2.32. The van der Waals surface area contributed by atoms with Gasteiger partial charge in [0.05, 0.1) is 0 Å². The normalized spacial score (nSPS) is 13.7. The predicted octanol–water partition coefficient (Wildman–Crippen LogP) is 3.27. The lowest BCUT2D eigenvalue weighted by Gasteiger charge is -2.27. The van der Waals surface area contributed by atoms with E-state index >= 15 is 0 Å². The van der Waals surface area contributed by atoms with Crippen LogP contribution < -0.4 is 0 Å². The van der Waals surface area contributed by atoms with E-state index in [9.17, 15) is 0 Å². The van der Waals surface area contributed by atoms with Gasteiger partial charge in [0.15, 0.2) is 0 Å². The minimum absolute atomic E-state index is 0.358. The van der Waals surface area contributed by atoms with Crippen LogP contribution in [0.3, 0.4) is 0 Å². The molecule has 0 bridgehead atoms. The lowest BCUT2D eigenvalue weighted by molar-refractivity contribution is 0.122. The van der Waals surface area contributed by atoms with Crippen LogP contribution in [0.1, 0.15) is 18.4 Å². The van der Waals surface area contributed by atoms with Gasteiger partial charge in [-0.05, 0) is 46.2 Å². The molecule has 0 N–H and O–H groups in total. The van der Waals surface area contributed by atoms with E-state index in [0.717, 1.165) is 6.04 Å². The smallest absolute Gasteiger partial charge is 0.377 e. The van der Waals surface area contributed by atoms with Crippen LogP contribution in [0.25, 0.3) is 0 Å². The molecule has 3 nitrogen and oxygen atoms in total. The highest BCUT2D eigenvalue weighted by atomic mass is 127. The van der Waals surface area contributed by atoms with Crippen LogP contribution in [-0.2, 0) is 13.3 Å². The molecule has 0 amide bonds. The molecule has 17 heavy (non-hydrogen) atoms. The van der Waals surface area contributed by atoms with Gasteiger partial charge in [-0.25, -0.2) is 0 Å². The average molecular weight is 366 g/mol. The van der Waals surface area contributed by atoms with Gasteiger partial charge in [-0.15, -0.1) is 0 Å². The zero-order chi connectivity index (χ0) is 12.9. The van der Waals surface area contributed by atoms with Gasteiger partial charge in [-0.1, -0.05) is 19.1 Å². The van der Waals surface area contributed by atoms with E-state index in [4.69, 9.17) is 13.3 Å². The lowest BCUT2D eigenvalue weighted by atomic mass is 10.0. The summed E-state index contributed by atoms with van der Waals surface area (Å²) in [6.45, 7) is 2.17. The van der Waals surface area contributed by atoms with Gasteiger partial charge in [-0.2, -0.15) is 0 Å². The first-order chi connectivity index (χ1) is 8.06. The van der Waals surface area contributed by atoms with Gasteiger partial charge in [0.2, 0.25) is 0 Å². The number of halogens is 1. The van der Waals surface area contributed by atoms with Gasteiger partial charge in [-0.3, -0.25) is 0 Å². The zero-order valence-electron chi connectivity index (χ0n) is 10.7. The van der Waals surface area contributed by atoms with Crippen LogP contribution in [0.15, 0.2) is 24.3 Å². The second-order valence-electron chi connectivity index (χ2n) is 3.96. The van der Waals surface area contributed by atoms with Crippen LogP contribution in [0.4, 0.5) is 0 Å². The third-order valence-corrected chi connectivity index (χ3v) is 6.56. The van der Waals surface area contributed by atoms with Crippen molar-refractivity contribution in [1.82, 2.24) is 0 Å². The minimum atomic E-state index is -2.48. The van der Waals surface area contributed by atoms with Crippen molar-refractivity contribution in [3.05, 3.63) is 33.4 Å². The maximum Gasteiger partial charge on any atom is 0.500 e. The van der Waals surface area contributed by atoms with Crippen molar-refractivity contribution in [1.29, 1.82) is 0 Å². The van der Waals surface area contributed by atoms with Crippen molar-refractivity contribution >= 4 is 31.4 Å². The van der Waals surface area contributed by atoms with Gasteiger partial charge >= 0.3 is 8.80 Å². The van der Waals surface area contributed by atoms with Crippen molar-refractivity contribution in [2.45, 2.75) is 18.9 Å². The Labute approximate surface area is 118 Å². The summed E-state index contributed by atoms with van der Waals surface area (Å²) in [5.41, 5.74) is 1.29. The molecule has 0 radical (unpaired) electrons. The quantitative estimate of drug-likeness (QED) is 0.571. The molecule has 0 aliphatic rings. The van der Waals surface area contributed by atoms with Crippen LogP contribution in [-0.4, -0.2) is 30.1 Å². The average Bonchev–Trinajstić information content (AvgIpc) is 2.36. The summed E-state index contributed by atoms with van der Waals surface area (Å²) in [5, 5.41) is 0. The molecule has 0 aliphatic heterocycles.